The van der Waals surface area contributed by atoms with Crippen molar-refractivity contribution in [1.29, 1.82) is 5.26 Å². The van der Waals surface area contributed by atoms with Gasteiger partial charge in [0.25, 0.3) is 11.8 Å². The first-order valence-electron chi connectivity index (χ1n) is 9.24. The van der Waals surface area contributed by atoms with Crippen LogP contribution in [-0.2, 0) is 4.79 Å². The third-order valence-corrected chi connectivity index (χ3v) is 4.49. The zero-order valence-corrected chi connectivity index (χ0v) is 17.0. The standard InChI is InChI=1S/C22H26N4O2/c1-14(2)10-20(22(28)26(5)13-23)25-21(27)17-8-9-19(24-12-17)18-11-15(3)6-7-16(18)4/h6-9,11-12,14,20H,10H2,1-5H3,(H,25,27)/t20-/m0/s1. The Bertz CT molecular complexity index is 898. The average molecular weight is 378 g/mol. The molecule has 2 amide bonds. The van der Waals surface area contributed by atoms with E-state index in [1.54, 1.807) is 18.3 Å². The summed E-state index contributed by atoms with van der Waals surface area (Å²) in [5.41, 5.74) is 4.43. The molecule has 0 saturated carbocycles. The van der Waals surface area contributed by atoms with Gasteiger partial charge in [0.1, 0.15) is 6.04 Å². The molecule has 2 rings (SSSR count). The summed E-state index contributed by atoms with van der Waals surface area (Å²) in [7, 11) is 1.39. The molecule has 6 nitrogen and oxygen atoms in total. The first kappa shape index (κ1) is 21.1. The molecule has 1 N–H and O–H groups in total. The first-order chi connectivity index (χ1) is 13.2. The maximum absolute atomic E-state index is 12.6. The summed E-state index contributed by atoms with van der Waals surface area (Å²) >= 11 is 0. The minimum atomic E-state index is -0.754. The molecule has 0 bridgehead atoms. The van der Waals surface area contributed by atoms with Gasteiger partial charge in [-0.15, -0.1) is 0 Å². The quantitative estimate of drug-likeness (QED) is 0.616. The van der Waals surface area contributed by atoms with E-state index in [1.165, 1.54) is 13.2 Å². The van der Waals surface area contributed by atoms with Gasteiger partial charge in [-0.25, -0.2) is 0 Å². The normalized spacial score (nSPS) is 11.6. The highest BCUT2D eigenvalue weighted by Crippen LogP contribution is 2.22. The lowest BCUT2D eigenvalue weighted by Gasteiger charge is -2.21. The van der Waals surface area contributed by atoms with Crippen LogP contribution < -0.4 is 5.32 Å². The number of amides is 2. The maximum atomic E-state index is 12.6. The Balaban J connectivity index is 2.20. The number of nitrogens with zero attached hydrogens (tertiary/aromatic N) is 3. The van der Waals surface area contributed by atoms with Crippen LogP contribution in [0.4, 0.5) is 0 Å². The highest BCUT2D eigenvalue weighted by molar-refractivity contribution is 5.97. The topological polar surface area (TPSA) is 86.1 Å². The molecule has 0 spiro atoms. The largest absolute Gasteiger partial charge is 0.340 e. The lowest BCUT2D eigenvalue weighted by molar-refractivity contribution is -0.129. The van der Waals surface area contributed by atoms with Crippen LogP contribution in [0.5, 0.6) is 0 Å². The number of likely N-dealkylation sites (N-methyl/N-ethyl adjacent to an activating group) is 1. The molecule has 0 unspecified atom stereocenters. The summed E-state index contributed by atoms with van der Waals surface area (Å²) in [5.74, 6) is -0.624. The number of pyridine rings is 1. The molecule has 1 aromatic heterocycles. The number of nitriles is 1. The molecule has 2 aromatic rings. The monoisotopic (exact) mass is 378 g/mol. The van der Waals surface area contributed by atoms with Gasteiger partial charge in [0.05, 0.1) is 11.3 Å². The Hall–Kier alpha value is -3.20. The molecule has 0 aliphatic carbocycles. The summed E-state index contributed by atoms with van der Waals surface area (Å²) < 4.78 is 0. The number of rotatable bonds is 6. The molecule has 0 fully saturated rings. The smallest absolute Gasteiger partial charge is 0.257 e. The van der Waals surface area contributed by atoms with Crippen LogP contribution in [0.15, 0.2) is 36.5 Å². The fourth-order valence-corrected chi connectivity index (χ4v) is 2.92. The minimum absolute atomic E-state index is 0.186. The maximum Gasteiger partial charge on any atom is 0.257 e. The van der Waals surface area contributed by atoms with E-state index >= 15 is 0 Å². The van der Waals surface area contributed by atoms with Crippen LogP contribution in [0.25, 0.3) is 11.3 Å². The van der Waals surface area contributed by atoms with Crippen molar-refractivity contribution in [3.8, 4) is 17.5 Å². The second-order valence-corrected chi connectivity index (χ2v) is 7.40. The number of carbonyl (C=O) groups is 2. The Morgan fingerprint density at radius 3 is 2.50 bits per heavy atom. The Morgan fingerprint density at radius 1 is 1.21 bits per heavy atom. The molecule has 0 aliphatic rings. The molecule has 0 radical (unpaired) electrons. The van der Waals surface area contributed by atoms with E-state index in [0.717, 1.165) is 27.3 Å². The van der Waals surface area contributed by atoms with E-state index in [1.807, 2.05) is 39.8 Å². The Morgan fingerprint density at radius 2 is 1.93 bits per heavy atom. The van der Waals surface area contributed by atoms with Gasteiger partial charge in [-0.1, -0.05) is 31.5 Å². The fraction of sp³-hybridized carbons (Fsp3) is 0.364. The zero-order chi connectivity index (χ0) is 20.8. The molecular formula is C22H26N4O2. The summed E-state index contributed by atoms with van der Waals surface area (Å²) in [6.07, 6.45) is 3.75. The van der Waals surface area contributed by atoms with E-state index in [4.69, 9.17) is 5.26 Å². The van der Waals surface area contributed by atoms with Gasteiger partial charge in [-0.3, -0.25) is 19.5 Å². The van der Waals surface area contributed by atoms with E-state index < -0.39 is 11.9 Å². The van der Waals surface area contributed by atoms with Crippen molar-refractivity contribution in [2.45, 2.75) is 40.2 Å². The second kappa shape index (κ2) is 9.14. The third kappa shape index (κ3) is 5.17. The molecule has 0 aliphatic heterocycles. The highest BCUT2D eigenvalue weighted by Gasteiger charge is 2.25. The Labute approximate surface area is 166 Å². The Kier molecular flexibility index (Phi) is 6.89. The van der Waals surface area contributed by atoms with Crippen molar-refractivity contribution in [2.24, 2.45) is 5.92 Å². The number of hydrogen-bond donors (Lipinski definition) is 1. The van der Waals surface area contributed by atoms with Crippen LogP contribution in [-0.4, -0.2) is 34.8 Å². The van der Waals surface area contributed by atoms with Crippen LogP contribution in [0.3, 0.4) is 0 Å². The van der Waals surface area contributed by atoms with Crippen LogP contribution in [0.2, 0.25) is 0 Å². The molecule has 146 valence electrons. The average Bonchev–Trinajstić information content (AvgIpc) is 2.67. The molecule has 0 saturated heterocycles. The lowest BCUT2D eigenvalue weighted by Crippen LogP contribution is -2.46. The summed E-state index contributed by atoms with van der Waals surface area (Å²) in [6.45, 7) is 7.96. The summed E-state index contributed by atoms with van der Waals surface area (Å²) in [5, 5.41) is 11.7. The van der Waals surface area contributed by atoms with Gasteiger partial charge in [-0.2, -0.15) is 5.26 Å². The van der Waals surface area contributed by atoms with Gasteiger partial charge in [0.2, 0.25) is 0 Å². The number of aromatic nitrogens is 1. The molecule has 28 heavy (non-hydrogen) atoms. The number of benzene rings is 1. The van der Waals surface area contributed by atoms with Crippen LogP contribution in [0.1, 0.15) is 41.8 Å². The van der Waals surface area contributed by atoms with Crippen molar-refractivity contribution in [3.05, 3.63) is 53.2 Å². The van der Waals surface area contributed by atoms with Gasteiger partial charge in [-0.05, 0) is 49.9 Å². The predicted molar refractivity (Wildman–Crippen MR) is 108 cm³/mol. The van der Waals surface area contributed by atoms with Gasteiger partial charge in [0, 0.05) is 18.8 Å². The molecular weight excluding hydrogens is 352 g/mol. The van der Waals surface area contributed by atoms with Crippen LogP contribution >= 0.6 is 0 Å². The van der Waals surface area contributed by atoms with E-state index in [0.29, 0.717) is 12.0 Å². The third-order valence-electron chi connectivity index (χ3n) is 4.49. The molecule has 1 heterocycles. The minimum Gasteiger partial charge on any atom is -0.340 e. The van der Waals surface area contributed by atoms with Crippen LogP contribution in [0, 0.1) is 31.2 Å². The highest BCUT2D eigenvalue weighted by atomic mass is 16.2. The summed E-state index contributed by atoms with van der Waals surface area (Å²) in [4.78, 5) is 30.3. The fourth-order valence-electron chi connectivity index (χ4n) is 2.92. The van der Waals surface area contributed by atoms with Gasteiger partial charge >= 0.3 is 0 Å². The number of hydrogen-bond acceptors (Lipinski definition) is 4. The molecule has 1 atom stereocenters. The number of nitrogens with one attached hydrogen (secondary N) is 1. The summed E-state index contributed by atoms with van der Waals surface area (Å²) in [6, 6.07) is 8.90. The van der Waals surface area contributed by atoms with E-state index in [-0.39, 0.29) is 11.8 Å². The van der Waals surface area contributed by atoms with Crippen molar-refractivity contribution < 1.29 is 9.59 Å². The van der Waals surface area contributed by atoms with Gasteiger partial charge in [0.15, 0.2) is 6.19 Å². The SMILES string of the molecule is Cc1ccc(C)c(-c2ccc(C(=O)N[C@@H](CC(C)C)C(=O)N(C)C#N)cn2)c1. The zero-order valence-electron chi connectivity index (χ0n) is 17.0. The van der Waals surface area contributed by atoms with E-state index in [9.17, 15) is 9.59 Å². The van der Waals surface area contributed by atoms with Gasteiger partial charge < -0.3 is 5.32 Å². The lowest BCUT2D eigenvalue weighted by atomic mass is 10.0. The number of aryl methyl sites for hydroxylation is 2. The molecule has 6 heteroatoms. The second-order valence-electron chi connectivity index (χ2n) is 7.40. The number of carbonyl (C=O) groups excluding carboxylic acids is 2. The molecule has 1 aromatic carbocycles. The van der Waals surface area contributed by atoms with E-state index in [2.05, 4.69) is 16.4 Å². The van der Waals surface area contributed by atoms with Crippen molar-refractivity contribution >= 4 is 11.8 Å². The van der Waals surface area contributed by atoms with Crippen molar-refractivity contribution in [2.75, 3.05) is 7.05 Å². The van der Waals surface area contributed by atoms with Crippen molar-refractivity contribution in [1.82, 2.24) is 15.2 Å². The first-order valence-corrected chi connectivity index (χ1v) is 9.24. The van der Waals surface area contributed by atoms with Crippen molar-refractivity contribution in [3.63, 3.8) is 0 Å². The predicted octanol–water partition coefficient (Wildman–Crippen LogP) is 3.45.